The van der Waals surface area contributed by atoms with Gasteiger partial charge in [-0.2, -0.15) is 0 Å². The number of nitrogens with one attached hydrogen (secondary N) is 1. The molecule has 1 aliphatic heterocycles. The van der Waals surface area contributed by atoms with E-state index in [1.807, 2.05) is 11.9 Å². The molecule has 1 aliphatic rings. The Hall–Kier alpha value is 0.310. The van der Waals surface area contributed by atoms with Crippen LogP contribution in [0.5, 0.6) is 0 Å². The van der Waals surface area contributed by atoms with Crippen molar-refractivity contribution in [3.05, 3.63) is 0 Å². The van der Waals surface area contributed by atoms with Crippen LogP contribution in [0, 0.1) is 5.92 Å². The van der Waals surface area contributed by atoms with E-state index < -0.39 is 0 Å². The molecule has 1 atom stereocenters. The first kappa shape index (κ1) is 6.43. The molecule has 0 bridgehead atoms. The van der Waals surface area contributed by atoms with E-state index in [9.17, 15) is 0 Å². The Morgan fingerprint density at radius 2 is 2.38 bits per heavy atom. The lowest BCUT2D eigenvalue weighted by Gasteiger charge is -2.11. The summed E-state index contributed by atoms with van der Waals surface area (Å²) in [5.74, 6) is 2.10. The van der Waals surface area contributed by atoms with E-state index >= 15 is 0 Å². The molecule has 0 amide bonds. The van der Waals surface area contributed by atoms with Crippen molar-refractivity contribution >= 4 is 11.9 Å². The van der Waals surface area contributed by atoms with E-state index in [2.05, 4.69) is 18.6 Å². The van der Waals surface area contributed by atoms with Crippen molar-refractivity contribution in [2.24, 2.45) is 5.92 Å². The Morgan fingerprint density at radius 1 is 1.62 bits per heavy atom. The lowest BCUT2D eigenvalue weighted by molar-refractivity contribution is 0.474. The summed E-state index contributed by atoms with van der Waals surface area (Å²) in [5, 5.41) is 0. The molecule has 1 nitrogen and oxygen atoms in total. The number of hydrogen-bond acceptors (Lipinski definition) is 2. The number of hydrogen-bond donors (Lipinski definition) is 1. The normalized spacial score (nSPS) is 29.6. The van der Waals surface area contributed by atoms with Gasteiger partial charge in [-0.05, 0) is 12.3 Å². The Labute approximate surface area is 55.4 Å². The maximum Gasteiger partial charge on any atom is 0.0203 e. The molecule has 0 aromatic carbocycles. The molecule has 0 aromatic heterocycles. The van der Waals surface area contributed by atoms with E-state index in [1.165, 1.54) is 12.2 Å². The summed E-state index contributed by atoms with van der Waals surface area (Å²) < 4.78 is 3.37. The van der Waals surface area contributed by atoms with Crippen molar-refractivity contribution in [1.82, 2.24) is 4.72 Å². The fourth-order valence-electron chi connectivity index (χ4n) is 0.880. The van der Waals surface area contributed by atoms with Gasteiger partial charge >= 0.3 is 0 Å². The average Bonchev–Trinajstić information content (AvgIpc) is 2.12. The first-order chi connectivity index (χ1) is 3.80. The molecule has 1 fully saturated rings. The highest BCUT2D eigenvalue weighted by atomic mass is 32.2. The zero-order valence-corrected chi connectivity index (χ0v) is 6.29. The quantitative estimate of drug-likeness (QED) is 0.543. The molecule has 0 saturated carbocycles. The summed E-state index contributed by atoms with van der Waals surface area (Å²) in [6, 6.07) is 0.778. The maximum atomic E-state index is 3.37. The minimum Gasteiger partial charge on any atom is -0.261 e. The molecule has 1 N–H and O–H groups in total. The fraction of sp³-hybridized carbons (Fsp3) is 1.00. The summed E-state index contributed by atoms with van der Waals surface area (Å²) in [7, 11) is 0. The summed E-state index contributed by atoms with van der Waals surface area (Å²) in [5.41, 5.74) is 0. The van der Waals surface area contributed by atoms with Gasteiger partial charge < -0.3 is 0 Å². The monoisotopic (exact) mass is 131 g/mol. The third kappa shape index (κ3) is 1.39. The Morgan fingerprint density at radius 3 is 2.62 bits per heavy atom. The summed E-state index contributed by atoms with van der Waals surface area (Å²) in [6.07, 6.45) is 1.35. The predicted octanol–water partition coefficient (Wildman–Crippen LogP) is 1.65. The van der Waals surface area contributed by atoms with Crippen LogP contribution in [0.3, 0.4) is 0 Å². The molecule has 0 aliphatic carbocycles. The van der Waals surface area contributed by atoms with Crippen molar-refractivity contribution in [2.45, 2.75) is 26.3 Å². The van der Waals surface area contributed by atoms with Crippen LogP contribution in [-0.2, 0) is 0 Å². The van der Waals surface area contributed by atoms with Gasteiger partial charge in [0.25, 0.3) is 0 Å². The van der Waals surface area contributed by atoms with E-state index in [1.54, 1.807) is 0 Å². The average molecular weight is 131 g/mol. The molecule has 0 spiro atoms. The molecular formula is C6H13NS. The van der Waals surface area contributed by atoms with Crippen LogP contribution in [0.25, 0.3) is 0 Å². The Kier molecular flexibility index (Phi) is 2.20. The Bertz CT molecular complexity index is 66.9. The third-order valence-electron chi connectivity index (χ3n) is 1.57. The van der Waals surface area contributed by atoms with Gasteiger partial charge in [-0.3, -0.25) is 4.72 Å². The van der Waals surface area contributed by atoms with Crippen LogP contribution < -0.4 is 4.72 Å². The van der Waals surface area contributed by atoms with E-state index in [4.69, 9.17) is 0 Å². The predicted molar refractivity (Wildman–Crippen MR) is 38.8 cm³/mol. The minimum absolute atomic E-state index is 0.778. The van der Waals surface area contributed by atoms with Gasteiger partial charge in [-0.25, -0.2) is 0 Å². The van der Waals surface area contributed by atoms with Gasteiger partial charge in [0.2, 0.25) is 0 Å². The first-order valence-electron chi connectivity index (χ1n) is 3.18. The lowest BCUT2D eigenvalue weighted by Crippen LogP contribution is -2.22. The standard InChI is InChI=1S/C6H13NS/c1-5(2)6-3-4-8-7-6/h5-7H,3-4H2,1-2H3/t6-/m0/s1. The smallest absolute Gasteiger partial charge is 0.0203 e. The van der Waals surface area contributed by atoms with Gasteiger partial charge in [0.15, 0.2) is 0 Å². The molecule has 1 heterocycles. The van der Waals surface area contributed by atoms with Crippen LogP contribution in [0.1, 0.15) is 20.3 Å². The second kappa shape index (κ2) is 2.74. The number of rotatable bonds is 1. The molecule has 1 rings (SSSR count). The molecule has 0 radical (unpaired) electrons. The molecule has 48 valence electrons. The van der Waals surface area contributed by atoms with Crippen LogP contribution in [0.4, 0.5) is 0 Å². The lowest BCUT2D eigenvalue weighted by atomic mass is 10.0. The van der Waals surface area contributed by atoms with Gasteiger partial charge in [0.05, 0.1) is 0 Å². The van der Waals surface area contributed by atoms with Gasteiger partial charge in [0, 0.05) is 11.8 Å². The molecule has 2 heteroatoms. The SMILES string of the molecule is CC(C)[C@@H]1CCSN1. The molecule has 8 heavy (non-hydrogen) atoms. The third-order valence-corrected chi connectivity index (χ3v) is 2.48. The minimum atomic E-state index is 0.778. The summed E-state index contributed by atoms with van der Waals surface area (Å²) in [6.45, 7) is 4.53. The van der Waals surface area contributed by atoms with Crippen LogP contribution >= 0.6 is 11.9 Å². The fourth-order valence-corrected chi connectivity index (χ4v) is 1.97. The second-order valence-corrected chi connectivity index (χ2v) is 3.54. The summed E-state index contributed by atoms with van der Waals surface area (Å²) >= 11 is 1.86. The molecule has 1 saturated heterocycles. The van der Waals surface area contributed by atoms with Crippen molar-refractivity contribution in [3.63, 3.8) is 0 Å². The Balaban J connectivity index is 2.24. The van der Waals surface area contributed by atoms with Crippen molar-refractivity contribution in [3.8, 4) is 0 Å². The largest absolute Gasteiger partial charge is 0.261 e. The highest BCUT2D eigenvalue weighted by Gasteiger charge is 2.17. The summed E-state index contributed by atoms with van der Waals surface area (Å²) in [4.78, 5) is 0. The van der Waals surface area contributed by atoms with Crippen molar-refractivity contribution in [1.29, 1.82) is 0 Å². The van der Waals surface area contributed by atoms with Crippen LogP contribution in [0.15, 0.2) is 0 Å². The van der Waals surface area contributed by atoms with E-state index in [-0.39, 0.29) is 0 Å². The highest BCUT2D eigenvalue weighted by molar-refractivity contribution is 7.97. The van der Waals surface area contributed by atoms with Crippen molar-refractivity contribution in [2.75, 3.05) is 5.75 Å². The molecule has 0 aromatic rings. The van der Waals surface area contributed by atoms with Gasteiger partial charge in [0.1, 0.15) is 0 Å². The zero-order chi connectivity index (χ0) is 5.98. The van der Waals surface area contributed by atoms with E-state index in [0.717, 1.165) is 12.0 Å². The van der Waals surface area contributed by atoms with Crippen LogP contribution in [0.2, 0.25) is 0 Å². The van der Waals surface area contributed by atoms with Gasteiger partial charge in [-0.15, -0.1) is 0 Å². The first-order valence-corrected chi connectivity index (χ1v) is 4.16. The zero-order valence-electron chi connectivity index (χ0n) is 5.48. The molecular weight excluding hydrogens is 118 g/mol. The van der Waals surface area contributed by atoms with Gasteiger partial charge in [-0.1, -0.05) is 25.8 Å². The topological polar surface area (TPSA) is 12.0 Å². The van der Waals surface area contributed by atoms with E-state index in [0.29, 0.717) is 0 Å². The molecule has 0 unspecified atom stereocenters. The highest BCUT2D eigenvalue weighted by Crippen LogP contribution is 2.18. The second-order valence-electron chi connectivity index (χ2n) is 2.61. The maximum absolute atomic E-state index is 3.37. The van der Waals surface area contributed by atoms with Crippen LogP contribution in [-0.4, -0.2) is 11.8 Å². The van der Waals surface area contributed by atoms with Crippen molar-refractivity contribution < 1.29 is 0 Å².